The van der Waals surface area contributed by atoms with Crippen LogP contribution >= 0.6 is 0 Å². The number of ether oxygens (including phenoxy) is 1. The summed E-state index contributed by atoms with van der Waals surface area (Å²) in [5.74, 6) is -0.438. The van der Waals surface area contributed by atoms with Gasteiger partial charge in [-0.2, -0.15) is 0 Å². The standard InChI is InChI=1S/C24H21NO2/c1-2-18-27-23(26)24(21-14-8-4-9-15-21,22-16-10-5-11-17-22)25-19-20-12-6-3-7-13-20/h2-17,19H,1,18H2. The first kappa shape index (κ1) is 18.3. The monoisotopic (exact) mass is 355 g/mol. The average molecular weight is 355 g/mol. The Hall–Kier alpha value is -3.46. The molecule has 0 saturated carbocycles. The zero-order valence-corrected chi connectivity index (χ0v) is 15.0. The Morgan fingerprint density at radius 3 is 1.81 bits per heavy atom. The Morgan fingerprint density at radius 2 is 1.33 bits per heavy atom. The lowest BCUT2D eigenvalue weighted by molar-refractivity contribution is -0.147. The van der Waals surface area contributed by atoms with Gasteiger partial charge in [0.25, 0.3) is 0 Å². The van der Waals surface area contributed by atoms with Crippen molar-refractivity contribution < 1.29 is 9.53 Å². The second-order valence-corrected chi connectivity index (χ2v) is 6.00. The SMILES string of the molecule is C=CCOC(=O)C(N=Cc1ccccc1)(c1ccccc1)c1ccccc1. The first-order valence-corrected chi connectivity index (χ1v) is 8.77. The Labute approximate surface area is 159 Å². The number of benzene rings is 3. The van der Waals surface area contributed by atoms with Crippen LogP contribution in [-0.2, 0) is 15.1 Å². The predicted molar refractivity (Wildman–Crippen MR) is 109 cm³/mol. The van der Waals surface area contributed by atoms with Crippen molar-refractivity contribution in [3.05, 3.63) is 120 Å². The molecule has 3 rings (SSSR count). The Bertz CT molecular complexity index is 863. The highest BCUT2D eigenvalue weighted by Gasteiger charge is 2.43. The van der Waals surface area contributed by atoms with Gasteiger partial charge in [0.05, 0.1) is 0 Å². The fraction of sp³-hybridized carbons (Fsp3) is 0.0833. The molecule has 134 valence electrons. The van der Waals surface area contributed by atoms with Crippen molar-refractivity contribution in [3.8, 4) is 0 Å². The fourth-order valence-corrected chi connectivity index (χ4v) is 2.91. The van der Waals surface area contributed by atoms with Crippen LogP contribution < -0.4 is 0 Å². The van der Waals surface area contributed by atoms with Crippen LogP contribution in [0.15, 0.2) is 109 Å². The molecule has 0 fully saturated rings. The first-order chi connectivity index (χ1) is 13.3. The number of carbonyl (C=O) groups is 1. The van der Waals surface area contributed by atoms with Gasteiger partial charge in [-0.05, 0) is 16.7 Å². The van der Waals surface area contributed by atoms with Crippen LogP contribution in [0.1, 0.15) is 16.7 Å². The topological polar surface area (TPSA) is 38.7 Å². The molecule has 3 heteroatoms. The molecule has 0 bridgehead atoms. The van der Waals surface area contributed by atoms with Gasteiger partial charge in [0, 0.05) is 6.21 Å². The third-order valence-electron chi connectivity index (χ3n) is 4.22. The lowest BCUT2D eigenvalue weighted by atomic mass is 9.83. The maximum atomic E-state index is 13.3. The minimum atomic E-state index is -1.29. The molecule has 27 heavy (non-hydrogen) atoms. The second-order valence-electron chi connectivity index (χ2n) is 6.00. The van der Waals surface area contributed by atoms with Gasteiger partial charge in [0.2, 0.25) is 5.54 Å². The van der Waals surface area contributed by atoms with E-state index in [9.17, 15) is 4.79 Å². The highest BCUT2D eigenvalue weighted by atomic mass is 16.5. The highest BCUT2D eigenvalue weighted by molar-refractivity contribution is 5.91. The molecule has 0 spiro atoms. The summed E-state index contributed by atoms with van der Waals surface area (Å²) in [7, 11) is 0. The third kappa shape index (κ3) is 4.04. The molecule has 0 atom stereocenters. The van der Waals surface area contributed by atoms with Crippen molar-refractivity contribution in [2.45, 2.75) is 5.54 Å². The van der Waals surface area contributed by atoms with Crippen molar-refractivity contribution in [1.82, 2.24) is 0 Å². The van der Waals surface area contributed by atoms with E-state index in [-0.39, 0.29) is 6.61 Å². The zero-order chi connectivity index (χ0) is 19.0. The molecule has 0 aliphatic heterocycles. The van der Waals surface area contributed by atoms with E-state index in [4.69, 9.17) is 9.73 Å². The molecule has 3 aromatic carbocycles. The van der Waals surface area contributed by atoms with Gasteiger partial charge in [-0.15, -0.1) is 0 Å². The number of aliphatic imine (C=N–C) groups is 1. The molecule has 0 N–H and O–H groups in total. The van der Waals surface area contributed by atoms with E-state index in [0.29, 0.717) is 0 Å². The zero-order valence-electron chi connectivity index (χ0n) is 15.0. The maximum Gasteiger partial charge on any atom is 0.343 e. The van der Waals surface area contributed by atoms with E-state index in [1.54, 1.807) is 12.3 Å². The molecule has 3 aromatic rings. The van der Waals surface area contributed by atoms with Gasteiger partial charge in [0.1, 0.15) is 6.61 Å². The summed E-state index contributed by atoms with van der Waals surface area (Å²) in [5, 5.41) is 0. The van der Waals surface area contributed by atoms with Crippen LogP contribution in [0.5, 0.6) is 0 Å². The van der Waals surface area contributed by atoms with E-state index in [1.807, 2.05) is 91.0 Å². The van der Waals surface area contributed by atoms with E-state index < -0.39 is 11.5 Å². The summed E-state index contributed by atoms with van der Waals surface area (Å²) in [6.45, 7) is 3.76. The first-order valence-electron chi connectivity index (χ1n) is 8.77. The Morgan fingerprint density at radius 1 is 0.852 bits per heavy atom. The number of carbonyl (C=O) groups excluding carboxylic acids is 1. The minimum absolute atomic E-state index is 0.126. The van der Waals surface area contributed by atoms with Crippen LogP contribution in [-0.4, -0.2) is 18.8 Å². The summed E-state index contributed by atoms with van der Waals surface area (Å²) in [5.41, 5.74) is 1.11. The van der Waals surface area contributed by atoms with Crippen molar-refractivity contribution in [2.75, 3.05) is 6.61 Å². The molecule has 0 aliphatic rings. The molecule has 0 amide bonds. The molecule has 0 aromatic heterocycles. The number of hydrogen-bond acceptors (Lipinski definition) is 3. The largest absolute Gasteiger partial charge is 0.459 e. The molecule has 0 saturated heterocycles. The van der Waals surface area contributed by atoms with Crippen LogP contribution in [0.3, 0.4) is 0 Å². The second kappa shape index (κ2) is 8.77. The number of esters is 1. The Kier molecular flexibility index (Phi) is 5.95. The Balaban J connectivity index is 2.19. The summed E-state index contributed by atoms with van der Waals surface area (Å²) < 4.78 is 5.48. The molecular weight excluding hydrogens is 334 g/mol. The summed E-state index contributed by atoms with van der Waals surface area (Å²) in [4.78, 5) is 18.0. The average Bonchev–Trinajstić information content (AvgIpc) is 2.75. The van der Waals surface area contributed by atoms with E-state index in [0.717, 1.165) is 16.7 Å². The number of hydrogen-bond donors (Lipinski definition) is 0. The lowest BCUT2D eigenvalue weighted by Gasteiger charge is -2.28. The van der Waals surface area contributed by atoms with Gasteiger partial charge >= 0.3 is 5.97 Å². The number of rotatable bonds is 7. The molecule has 3 nitrogen and oxygen atoms in total. The normalized spacial score (nSPS) is 11.3. The van der Waals surface area contributed by atoms with Crippen LogP contribution in [0.2, 0.25) is 0 Å². The van der Waals surface area contributed by atoms with Gasteiger partial charge in [-0.1, -0.05) is 104 Å². The summed E-state index contributed by atoms with van der Waals surface area (Å²) >= 11 is 0. The van der Waals surface area contributed by atoms with Crippen molar-refractivity contribution >= 4 is 12.2 Å². The van der Waals surface area contributed by atoms with E-state index >= 15 is 0 Å². The van der Waals surface area contributed by atoms with Gasteiger partial charge in [0.15, 0.2) is 0 Å². The maximum absolute atomic E-state index is 13.3. The van der Waals surface area contributed by atoms with Crippen LogP contribution in [0.4, 0.5) is 0 Å². The molecule has 0 unspecified atom stereocenters. The van der Waals surface area contributed by atoms with Crippen molar-refractivity contribution in [2.24, 2.45) is 4.99 Å². The fourth-order valence-electron chi connectivity index (χ4n) is 2.91. The minimum Gasteiger partial charge on any atom is -0.459 e. The number of nitrogens with zero attached hydrogens (tertiary/aromatic N) is 1. The molecule has 0 heterocycles. The van der Waals surface area contributed by atoms with Gasteiger partial charge < -0.3 is 4.74 Å². The van der Waals surface area contributed by atoms with Crippen molar-refractivity contribution in [3.63, 3.8) is 0 Å². The van der Waals surface area contributed by atoms with E-state index in [1.165, 1.54) is 0 Å². The predicted octanol–water partition coefficient (Wildman–Crippen LogP) is 4.78. The van der Waals surface area contributed by atoms with Crippen LogP contribution in [0, 0.1) is 0 Å². The summed E-state index contributed by atoms with van der Waals surface area (Å²) in [6.07, 6.45) is 3.27. The lowest BCUT2D eigenvalue weighted by Crippen LogP contribution is -2.37. The third-order valence-corrected chi connectivity index (χ3v) is 4.22. The van der Waals surface area contributed by atoms with E-state index in [2.05, 4.69) is 6.58 Å². The molecule has 0 aliphatic carbocycles. The molecule has 0 radical (unpaired) electrons. The molecular formula is C24H21NO2. The smallest absolute Gasteiger partial charge is 0.343 e. The highest BCUT2D eigenvalue weighted by Crippen LogP contribution is 2.35. The van der Waals surface area contributed by atoms with Gasteiger partial charge in [-0.3, -0.25) is 4.99 Å². The quantitative estimate of drug-likeness (QED) is 0.348. The van der Waals surface area contributed by atoms with Crippen molar-refractivity contribution in [1.29, 1.82) is 0 Å². The van der Waals surface area contributed by atoms with Crippen LogP contribution in [0.25, 0.3) is 0 Å². The van der Waals surface area contributed by atoms with Gasteiger partial charge in [-0.25, -0.2) is 4.79 Å². The summed E-state index contributed by atoms with van der Waals surface area (Å²) in [6, 6.07) is 28.7.